The molecule has 3 atom stereocenters. The molecule has 0 amide bonds. The summed E-state index contributed by atoms with van der Waals surface area (Å²) in [6.07, 6.45) is 6.84. The number of likely N-dealkylation sites (tertiary alicyclic amines) is 1. The Bertz CT molecular complexity index is 392. The molecule has 1 aromatic heterocycles. The van der Waals surface area contributed by atoms with Crippen molar-refractivity contribution in [3.63, 3.8) is 0 Å². The third-order valence-electron chi connectivity index (χ3n) is 4.70. The maximum absolute atomic E-state index is 6.23. The summed E-state index contributed by atoms with van der Waals surface area (Å²) in [4.78, 5) is 6.67. The number of nitrogens with zero attached hydrogens (tertiary/aromatic N) is 2. The minimum atomic E-state index is 0.475. The fourth-order valence-electron chi connectivity index (χ4n) is 3.57. The van der Waals surface area contributed by atoms with E-state index in [4.69, 9.17) is 4.74 Å². The lowest BCUT2D eigenvalue weighted by molar-refractivity contribution is -0.0564. The van der Waals surface area contributed by atoms with E-state index in [0.29, 0.717) is 12.1 Å². The molecule has 3 nitrogen and oxygen atoms in total. The van der Waals surface area contributed by atoms with Gasteiger partial charge < -0.3 is 9.64 Å². The van der Waals surface area contributed by atoms with E-state index in [9.17, 15) is 0 Å². The third kappa shape index (κ3) is 2.82. The molecule has 0 aromatic carbocycles. The summed E-state index contributed by atoms with van der Waals surface area (Å²) < 4.78 is 6.23. The number of hydrogen-bond acceptors (Lipinski definition) is 3. The van der Waals surface area contributed by atoms with Gasteiger partial charge in [-0.2, -0.15) is 0 Å². The van der Waals surface area contributed by atoms with Crippen LogP contribution in [0.2, 0.25) is 0 Å². The molecule has 1 aromatic rings. The highest BCUT2D eigenvalue weighted by Gasteiger charge is 2.43. The Balaban J connectivity index is 1.58. The summed E-state index contributed by atoms with van der Waals surface area (Å²) >= 11 is 0. The molecule has 2 fully saturated rings. The lowest BCUT2D eigenvalue weighted by atomic mass is 9.94. The highest BCUT2D eigenvalue weighted by Crippen LogP contribution is 2.39. The van der Waals surface area contributed by atoms with Gasteiger partial charge in [-0.15, -0.1) is 0 Å². The summed E-state index contributed by atoms with van der Waals surface area (Å²) in [6, 6.07) is 4.76. The largest absolute Gasteiger partial charge is 0.373 e. The summed E-state index contributed by atoms with van der Waals surface area (Å²) in [5.41, 5.74) is 1.24. The molecular weight excluding hydrogens is 236 g/mol. The number of aromatic nitrogens is 1. The van der Waals surface area contributed by atoms with Crippen LogP contribution < -0.4 is 0 Å². The SMILES string of the molecule is CC(C)N1C[C@H]2CC[C@@H](C1)C2OCc1ccncc1. The number of piperidine rings is 1. The van der Waals surface area contributed by atoms with Crippen LogP contribution in [0.4, 0.5) is 0 Å². The summed E-state index contributed by atoms with van der Waals surface area (Å²) in [5, 5.41) is 0. The first-order valence-corrected chi connectivity index (χ1v) is 7.48. The number of pyridine rings is 1. The van der Waals surface area contributed by atoms with Gasteiger partial charge in [0.1, 0.15) is 0 Å². The number of fused-ring (bicyclic) bond motifs is 2. The Morgan fingerprint density at radius 2 is 1.84 bits per heavy atom. The third-order valence-corrected chi connectivity index (χ3v) is 4.70. The lowest BCUT2D eigenvalue weighted by Crippen LogP contribution is -2.48. The van der Waals surface area contributed by atoms with Gasteiger partial charge in [-0.1, -0.05) is 0 Å². The number of hydrogen-bond donors (Lipinski definition) is 0. The Kier molecular flexibility index (Phi) is 3.85. The van der Waals surface area contributed by atoms with Crippen LogP contribution in [0.5, 0.6) is 0 Å². The molecule has 104 valence electrons. The molecule has 0 N–H and O–H groups in total. The number of ether oxygens (including phenoxy) is 1. The molecule has 19 heavy (non-hydrogen) atoms. The fourth-order valence-corrected chi connectivity index (χ4v) is 3.57. The van der Waals surface area contributed by atoms with E-state index >= 15 is 0 Å². The van der Waals surface area contributed by atoms with Crippen molar-refractivity contribution < 1.29 is 4.74 Å². The molecule has 2 heterocycles. The molecule has 1 aliphatic heterocycles. The molecule has 2 bridgehead atoms. The molecule has 1 saturated carbocycles. The van der Waals surface area contributed by atoms with Crippen molar-refractivity contribution in [3.05, 3.63) is 30.1 Å². The number of rotatable bonds is 4. The first kappa shape index (κ1) is 13.1. The molecule has 2 aliphatic rings. The van der Waals surface area contributed by atoms with E-state index in [1.165, 1.54) is 31.5 Å². The topological polar surface area (TPSA) is 25.4 Å². The van der Waals surface area contributed by atoms with Crippen molar-refractivity contribution in [2.45, 2.75) is 45.4 Å². The van der Waals surface area contributed by atoms with Crippen LogP contribution in [0.1, 0.15) is 32.3 Å². The molecule has 3 rings (SSSR count). The first-order valence-electron chi connectivity index (χ1n) is 7.48. The summed E-state index contributed by atoms with van der Waals surface area (Å²) in [7, 11) is 0. The maximum atomic E-state index is 6.23. The monoisotopic (exact) mass is 260 g/mol. The standard InChI is InChI=1S/C16H24N2O/c1-12(2)18-9-14-3-4-15(10-18)16(14)19-11-13-5-7-17-8-6-13/h5-8,12,14-16H,3-4,9-11H2,1-2H3/t14-,15+,16?. The van der Waals surface area contributed by atoms with Crippen LogP contribution in [0.25, 0.3) is 0 Å². The zero-order chi connectivity index (χ0) is 13.2. The van der Waals surface area contributed by atoms with Crippen molar-refractivity contribution >= 4 is 0 Å². The van der Waals surface area contributed by atoms with Gasteiger partial charge in [-0.05, 0) is 56.2 Å². The molecule has 1 saturated heterocycles. The van der Waals surface area contributed by atoms with E-state index in [-0.39, 0.29) is 0 Å². The van der Waals surface area contributed by atoms with Gasteiger partial charge in [-0.3, -0.25) is 4.98 Å². The molecule has 0 radical (unpaired) electrons. The van der Waals surface area contributed by atoms with Crippen LogP contribution in [0, 0.1) is 11.8 Å². The fraction of sp³-hybridized carbons (Fsp3) is 0.688. The second-order valence-corrected chi connectivity index (χ2v) is 6.28. The quantitative estimate of drug-likeness (QED) is 0.832. The van der Waals surface area contributed by atoms with Gasteiger partial charge in [0, 0.05) is 31.5 Å². The van der Waals surface area contributed by atoms with Gasteiger partial charge in [0.2, 0.25) is 0 Å². The van der Waals surface area contributed by atoms with Crippen LogP contribution in [0.15, 0.2) is 24.5 Å². The van der Waals surface area contributed by atoms with E-state index in [0.717, 1.165) is 18.4 Å². The Labute approximate surface area is 116 Å². The maximum Gasteiger partial charge on any atom is 0.0722 e. The van der Waals surface area contributed by atoms with Crippen molar-refractivity contribution in [3.8, 4) is 0 Å². The van der Waals surface area contributed by atoms with Gasteiger partial charge >= 0.3 is 0 Å². The van der Waals surface area contributed by atoms with E-state index in [1.54, 1.807) is 0 Å². The molecule has 1 aliphatic carbocycles. The van der Waals surface area contributed by atoms with E-state index < -0.39 is 0 Å². The Hall–Kier alpha value is -0.930. The normalized spacial score (nSPS) is 31.0. The van der Waals surface area contributed by atoms with Crippen molar-refractivity contribution in [1.29, 1.82) is 0 Å². The van der Waals surface area contributed by atoms with Crippen molar-refractivity contribution in [2.24, 2.45) is 11.8 Å². The van der Waals surface area contributed by atoms with Crippen LogP contribution in [0.3, 0.4) is 0 Å². The summed E-state index contributed by atoms with van der Waals surface area (Å²) in [6.45, 7) is 7.78. The van der Waals surface area contributed by atoms with Crippen molar-refractivity contribution in [1.82, 2.24) is 9.88 Å². The highest BCUT2D eigenvalue weighted by molar-refractivity contribution is 5.08. The zero-order valence-corrected chi connectivity index (χ0v) is 12.0. The van der Waals surface area contributed by atoms with Gasteiger partial charge in [0.15, 0.2) is 0 Å². The summed E-state index contributed by atoms with van der Waals surface area (Å²) in [5.74, 6) is 1.48. The average molecular weight is 260 g/mol. The first-order chi connectivity index (χ1) is 9.24. The Morgan fingerprint density at radius 3 is 2.42 bits per heavy atom. The highest BCUT2D eigenvalue weighted by atomic mass is 16.5. The van der Waals surface area contributed by atoms with Gasteiger partial charge in [0.25, 0.3) is 0 Å². The molecule has 0 spiro atoms. The van der Waals surface area contributed by atoms with Crippen LogP contribution in [-0.4, -0.2) is 35.1 Å². The second-order valence-electron chi connectivity index (χ2n) is 6.28. The molecule has 3 heteroatoms. The lowest BCUT2D eigenvalue weighted by Gasteiger charge is -2.39. The van der Waals surface area contributed by atoms with Crippen LogP contribution >= 0.6 is 0 Å². The van der Waals surface area contributed by atoms with Crippen LogP contribution in [-0.2, 0) is 11.3 Å². The second kappa shape index (κ2) is 5.59. The van der Waals surface area contributed by atoms with Gasteiger partial charge in [-0.25, -0.2) is 0 Å². The van der Waals surface area contributed by atoms with Crippen molar-refractivity contribution in [2.75, 3.05) is 13.1 Å². The molecular formula is C16H24N2O. The predicted molar refractivity (Wildman–Crippen MR) is 75.7 cm³/mol. The Morgan fingerprint density at radius 1 is 1.21 bits per heavy atom. The zero-order valence-electron chi connectivity index (χ0n) is 12.0. The smallest absolute Gasteiger partial charge is 0.0722 e. The minimum absolute atomic E-state index is 0.475. The van der Waals surface area contributed by atoms with E-state index in [2.05, 4.69) is 23.7 Å². The minimum Gasteiger partial charge on any atom is -0.373 e. The average Bonchev–Trinajstić information content (AvgIpc) is 2.66. The van der Waals surface area contributed by atoms with E-state index in [1.807, 2.05) is 24.5 Å². The molecule has 1 unspecified atom stereocenters. The predicted octanol–water partition coefficient (Wildman–Crippen LogP) is 2.72. The van der Waals surface area contributed by atoms with Gasteiger partial charge in [0.05, 0.1) is 12.7 Å².